The number of hydrogen-bond donors (Lipinski definition) is 1. The summed E-state index contributed by atoms with van der Waals surface area (Å²) in [5.41, 5.74) is 1.03. The zero-order valence-electron chi connectivity index (χ0n) is 14.4. The van der Waals surface area contributed by atoms with E-state index in [-0.39, 0.29) is 18.4 Å². The summed E-state index contributed by atoms with van der Waals surface area (Å²) >= 11 is 0. The molecule has 1 unspecified atom stereocenters. The molecule has 1 N–H and O–H groups in total. The van der Waals surface area contributed by atoms with Crippen LogP contribution in [-0.4, -0.2) is 61.4 Å². The van der Waals surface area contributed by atoms with Gasteiger partial charge in [0.15, 0.2) is 0 Å². The highest BCUT2D eigenvalue weighted by atomic mass is 32.2. The molecule has 2 fully saturated rings. The van der Waals surface area contributed by atoms with E-state index in [0.29, 0.717) is 31.0 Å². The van der Waals surface area contributed by atoms with E-state index in [1.165, 1.54) is 4.31 Å². The fraction of sp³-hybridized carbons (Fsp3) is 0.611. The summed E-state index contributed by atoms with van der Waals surface area (Å²) in [7, 11) is -3.50. The number of sulfonamides is 1. The van der Waals surface area contributed by atoms with E-state index in [2.05, 4.69) is 0 Å². The summed E-state index contributed by atoms with van der Waals surface area (Å²) in [5, 5.41) is 9.30. The molecular formula is C18H26N2O4S. The molecule has 1 amide bonds. The van der Waals surface area contributed by atoms with Crippen LogP contribution in [0, 0.1) is 5.92 Å². The van der Waals surface area contributed by atoms with Gasteiger partial charge in [0.05, 0.1) is 4.90 Å². The van der Waals surface area contributed by atoms with Crippen molar-refractivity contribution in [3.8, 4) is 0 Å². The second-order valence-electron chi connectivity index (χ2n) is 6.93. The highest BCUT2D eigenvalue weighted by Crippen LogP contribution is 2.24. The maximum Gasteiger partial charge on any atom is 0.243 e. The third-order valence-corrected chi connectivity index (χ3v) is 7.02. The molecule has 2 heterocycles. The van der Waals surface area contributed by atoms with E-state index in [4.69, 9.17) is 0 Å². The van der Waals surface area contributed by atoms with Crippen LogP contribution in [-0.2, 0) is 21.2 Å². The Balaban J connectivity index is 1.63. The first-order valence-corrected chi connectivity index (χ1v) is 10.4. The van der Waals surface area contributed by atoms with Crippen LogP contribution in [0.2, 0.25) is 0 Å². The lowest BCUT2D eigenvalue weighted by Crippen LogP contribution is -2.40. The summed E-state index contributed by atoms with van der Waals surface area (Å²) in [4.78, 5) is 13.8. The van der Waals surface area contributed by atoms with E-state index >= 15 is 0 Å². The summed E-state index contributed by atoms with van der Waals surface area (Å²) < 4.78 is 27.0. The molecule has 2 aliphatic rings. The SMILES string of the molecule is O=C1CCCN1CCc1ccc(S(=O)(=O)N2CCCC(CO)C2)cc1. The third kappa shape index (κ3) is 4.22. The van der Waals surface area contributed by atoms with Crippen molar-refractivity contribution in [2.45, 2.75) is 37.0 Å². The Hall–Kier alpha value is -1.44. The lowest BCUT2D eigenvalue weighted by Gasteiger charge is -2.31. The number of aliphatic hydroxyl groups is 1. The Bertz CT molecular complexity index is 702. The second kappa shape index (κ2) is 7.85. The minimum atomic E-state index is -3.50. The number of nitrogens with zero attached hydrogens (tertiary/aromatic N) is 2. The summed E-state index contributed by atoms with van der Waals surface area (Å²) in [6, 6.07) is 6.97. The molecule has 2 saturated heterocycles. The van der Waals surface area contributed by atoms with E-state index in [0.717, 1.165) is 37.8 Å². The molecule has 0 saturated carbocycles. The molecule has 138 valence electrons. The Morgan fingerprint density at radius 3 is 2.52 bits per heavy atom. The van der Waals surface area contributed by atoms with Gasteiger partial charge in [-0.3, -0.25) is 4.79 Å². The van der Waals surface area contributed by atoms with Gasteiger partial charge in [-0.2, -0.15) is 4.31 Å². The Morgan fingerprint density at radius 2 is 1.88 bits per heavy atom. The smallest absolute Gasteiger partial charge is 0.243 e. The molecule has 2 aliphatic heterocycles. The molecule has 3 rings (SSSR count). The number of likely N-dealkylation sites (tertiary alicyclic amines) is 1. The first-order valence-electron chi connectivity index (χ1n) is 8.98. The van der Waals surface area contributed by atoms with Gasteiger partial charge in [0.1, 0.15) is 0 Å². The lowest BCUT2D eigenvalue weighted by molar-refractivity contribution is -0.127. The van der Waals surface area contributed by atoms with Crippen molar-refractivity contribution in [2.75, 3.05) is 32.8 Å². The number of aliphatic hydroxyl groups excluding tert-OH is 1. The van der Waals surface area contributed by atoms with Crippen molar-refractivity contribution in [2.24, 2.45) is 5.92 Å². The van der Waals surface area contributed by atoms with Crippen LogP contribution in [0.5, 0.6) is 0 Å². The highest BCUT2D eigenvalue weighted by molar-refractivity contribution is 7.89. The number of rotatable bonds is 6. The van der Waals surface area contributed by atoms with E-state index in [1.807, 2.05) is 17.0 Å². The minimum absolute atomic E-state index is 0.0280. The average Bonchev–Trinajstić information content (AvgIpc) is 3.05. The standard InChI is InChI=1S/C18H26N2O4S/c21-14-16-3-1-11-20(13-16)25(23,24)17-7-5-15(6-8-17)9-12-19-10-2-4-18(19)22/h5-8,16,21H,1-4,9-14H2. The summed E-state index contributed by atoms with van der Waals surface area (Å²) in [6.07, 6.45) is 3.97. The summed E-state index contributed by atoms with van der Waals surface area (Å²) in [6.45, 7) is 2.44. The monoisotopic (exact) mass is 366 g/mol. The first-order chi connectivity index (χ1) is 12.0. The first kappa shape index (κ1) is 18.4. The molecule has 6 nitrogen and oxygen atoms in total. The molecule has 0 bridgehead atoms. The van der Waals surface area contributed by atoms with E-state index in [9.17, 15) is 18.3 Å². The van der Waals surface area contributed by atoms with Gasteiger partial charge in [0.25, 0.3) is 0 Å². The van der Waals surface area contributed by atoms with Crippen molar-refractivity contribution in [3.63, 3.8) is 0 Å². The van der Waals surface area contributed by atoms with Crippen LogP contribution >= 0.6 is 0 Å². The van der Waals surface area contributed by atoms with E-state index < -0.39 is 10.0 Å². The van der Waals surface area contributed by atoms with Gasteiger partial charge in [0.2, 0.25) is 15.9 Å². The number of benzene rings is 1. The quantitative estimate of drug-likeness (QED) is 0.822. The molecule has 1 aromatic carbocycles. The number of amides is 1. The van der Waals surface area contributed by atoms with Crippen molar-refractivity contribution in [1.29, 1.82) is 0 Å². The van der Waals surface area contributed by atoms with Gasteiger partial charge in [-0.1, -0.05) is 12.1 Å². The number of hydrogen-bond acceptors (Lipinski definition) is 4. The van der Waals surface area contributed by atoms with Crippen LogP contribution in [0.15, 0.2) is 29.2 Å². The molecule has 0 spiro atoms. The molecule has 0 aromatic heterocycles. The summed E-state index contributed by atoms with van der Waals surface area (Å²) in [5.74, 6) is 0.239. The maximum atomic E-state index is 12.8. The third-order valence-electron chi connectivity index (χ3n) is 5.14. The van der Waals surface area contributed by atoms with Crippen molar-refractivity contribution in [1.82, 2.24) is 9.21 Å². The average molecular weight is 366 g/mol. The van der Waals surface area contributed by atoms with Gasteiger partial charge >= 0.3 is 0 Å². The Morgan fingerprint density at radius 1 is 1.12 bits per heavy atom. The molecule has 1 atom stereocenters. The number of carbonyl (C=O) groups is 1. The van der Waals surface area contributed by atoms with Gasteiger partial charge in [0, 0.05) is 39.2 Å². The van der Waals surface area contributed by atoms with Crippen molar-refractivity contribution in [3.05, 3.63) is 29.8 Å². The van der Waals surface area contributed by atoms with Crippen LogP contribution in [0.4, 0.5) is 0 Å². The number of piperidine rings is 1. The molecule has 7 heteroatoms. The molecule has 1 aromatic rings. The van der Waals surface area contributed by atoms with Gasteiger partial charge in [-0.15, -0.1) is 0 Å². The second-order valence-corrected chi connectivity index (χ2v) is 8.87. The predicted molar refractivity (Wildman–Crippen MR) is 94.5 cm³/mol. The molecule has 0 aliphatic carbocycles. The fourth-order valence-corrected chi connectivity index (χ4v) is 5.13. The largest absolute Gasteiger partial charge is 0.396 e. The van der Waals surface area contributed by atoms with Crippen LogP contribution in [0.1, 0.15) is 31.2 Å². The van der Waals surface area contributed by atoms with Crippen LogP contribution < -0.4 is 0 Å². The lowest BCUT2D eigenvalue weighted by atomic mass is 10.0. The Kier molecular flexibility index (Phi) is 5.76. The maximum absolute atomic E-state index is 12.8. The molecule has 0 radical (unpaired) electrons. The highest BCUT2D eigenvalue weighted by Gasteiger charge is 2.29. The van der Waals surface area contributed by atoms with Crippen molar-refractivity contribution >= 4 is 15.9 Å². The number of carbonyl (C=O) groups excluding carboxylic acids is 1. The van der Waals surface area contributed by atoms with Crippen LogP contribution in [0.3, 0.4) is 0 Å². The van der Waals surface area contributed by atoms with Gasteiger partial charge < -0.3 is 10.0 Å². The fourth-order valence-electron chi connectivity index (χ4n) is 3.58. The zero-order valence-corrected chi connectivity index (χ0v) is 15.2. The van der Waals surface area contributed by atoms with Gasteiger partial charge in [-0.05, 0) is 49.3 Å². The predicted octanol–water partition coefficient (Wildman–Crippen LogP) is 1.24. The molecular weight excluding hydrogens is 340 g/mol. The van der Waals surface area contributed by atoms with Crippen LogP contribution in [0.25, 0.3) is 0 Å². The normalized spacial score (nSPS) is 22.5. The molecule has 25 heavy (non-hydrogen) atoms. The van der Waals surface area contributed by atoms with Crippen molar-refractivity contribution < 1.29 is 18.3 Å². The zero-order chi connectivity index (χ0) is 17.9. The topological polar surface area (TPSA) is 77.9 Å². The van der Waals surface area contributed by atoms with Gasteiger partial charge in [-0.25, -0.2) is 8.42 Å². The minimum Gasteiger partial charge on any atom is -0.396 e. The van der Waals surface area contributed by atoms with E-state index in [1.54, 1.807) is 12.1 Å². The Labute approximate surface area is 149 Å².